The molecule has 2 aromatic rings. The minimum Gasteiger partial charge on any atom is -0.324 e. The summed E-state index contributed by atoms with van der Waals surface area (Å²) in [6, 6.07) is 9.22. The predicted molar refractivity (Wildman–Crippen MR) is 105 cm³/mol. The van der Waals surface area contributed by atoms with Crippen molar-refractivity contribution in [2.75, 3.05) is 5.32 Å². The lowest BCUT2D eigenvalue weighted by molar-refractivity contribution is -0.123. The lowest BCUT2D eigenvalue weighted by Crippen LogP contribution is -2.49. The molecule has 0 radical (unpaired) electrons. The number of halogens is 2. The second-order valence-electron chi connectivity index (χ2n) is 6.85. The summed E-state index contributed by atoms with van der Waals surface area (Å²) in [6.45, 7) is 0. The van der Waals surface area contributed by atoms with Crippen molar-refractivity contribution in [2.24, 2.45) is 5.92 Å². The van der Waals surface area contributed by atoms with Gasteiger partial charge in [0.15, 0.2) is 0 Å². The Balaban J connectivity index is 0.00000168. The lowest BCUT2D eigenvalue weighted by Gasteiger charge is -2.31. The lowest BCUT2D eigenvalue weighted by atomic mass is 9.74. The zero-order valence-electron chi connectivity index (χ0n) is 13.0. The first-order chi connectivity index (χ1) is 12.0. The Kier molecular flexibility index (Phi) is 4.19. The fraction of sp³-hybridized carbons (Fsp3) is 0.368. The smallest absolute Gasteiger partial charge is 0.250 e. The van der Waals surface area contributed by atoms with Gasteiger partial charge in [-0.05, 0) is 30.7 Å². The number of hydrogen-bond acceptors (Lipinski definition) is 4. The molecule has 4 atom stereocenters. The number of rotatable bonds is 1. The summed E-state index contributed by atoms with van der Waals surface area (Å²) in [5.74, 6) is -0.366. The Labute approximate surface area is 165 Å². The zero-order valence-corrected chi connectivity index (χ0v) is 15.3. The van der Waals surface area contributed by atoms with E-state index in [0.717, 1.165) is 16.9 Å². The number of ketones is 1. The van der Waals surface area contributed by atoms with Gasteiger partial charge in [0.25, 0.3) is 0 Å². The Bertz CT molecular complexity index is 928. The average molecular weight is 409 g/mol. The van der Waals surface area contributed by atoms with Crippen molar-refractivity contribution in [1.82, 2.24) is 5.32 Å². The summed E-state index contributed by atoms with van der Waals surface area (Å²) < 4.78 is 0.661. The third-order valence-corrected chi connectivity index (χ3v) is 7.21. The number of thiophene rings is 1. The SMILES string of the molecule is C.O=C1CC[C@H]2N[C@@]3(C(=O)Nc4cc(Cl)ccc43)[C@H](c3ccc(Cl)s3)[C@@H]12. The molecule has 3 heterocycles. The standard InChI is InChI=1S/C18H14Cl2N2O2S.CH4/c19-8-1-2-9-11(7-8)21-17(24)18(9)16(13-5-6-14(20)25-13)15-10(22-18)3-4-12(15)23;/h1-2,5-7,10,15-16,22H,3-4H2,(H,21,24);1H4/t10-,15-,16-,18-;/m1./s1. The second kappa shape index (κ2) is 6.06. The average Bonchev–Trinajstić information content (AvgIpc) is 3.28. The largest absolute Gasteiger partial charge is 0.324 e. The van der Waals surface area contributed by atoms with Crippen molar-refractivity contribution in [2.45, 2.75) is 37.8 Å². The Morgan fingerprint density at radius 2 is 1.96 bits per heavy atom. The van der Waals surface area contributed by atoms with Gasteiger partial charge in [0.05, 0.1) is 4.34 Å². The first-order valence-corrected chi connectivity index (χ1v) is 9.75. The van der Waals surface area contributed by atoms with E-state index in [1.165, 1.54) is 11.3 Å². The van der Waals surface area contributed by atoms with Crippen molar-refractivity contribution in [3.63, 3.8) is 0 Å². The van der Waals surface area contributed by atoms with Crippen LogP contribution in [0.2, 0.25) is 9.36 Å². The van der Waals surface area contributed by atoms with Crippen molar-refractivity contribution in [3.8, 4) is 0 Å². The molecule has 4 nitrogen and oxygen atoms in total. The number of benzene rings is 1. The van der Waals surface area contributed by atoms with Crippen LogP contribution in [-0.4, -0.2) is 17.7 Å². The van der Waals surface area contributed by atoms with Gasteiger partial charge in [-0.3, -0.25) is 14.9 Å². The number of anilines is 1. The van der Waals surface area contributed by atoms with E-state index in [2.05, 4.69) is 10.6 Å². The van der Waals surface area contributed by atoms with Crippen LogP contribution in [-0.2, 0) is 15.1 Å². The van der Waals surface area contributed by atoms with Gasteiger partial charge in [-0.2, -0.15) is 0 Å². The molecule has 1 aromatic carbocycles. The number of fused-ring (bicyclic) bond motifs is 3. The van der Waals surface area contributed by atoms with Crippen LogP contribution in [0.5, 0.6) is 0 Å². The van der Waals surface area contributed by atoms with Gasteiger partial charge < -0.3 is 5.32 Å². The molecule has 136 valence electrons. The quantitative estimate of drug-likeness (QED) is 0.725. The van der Waals surface area contributed by atoms with E-state index < -0.39 is 5.54 Å². The number of carbonyl (C=O) groups excluding carboxylic acids is 2. The highest BCUT2D eigenvalue weighted by atomic mass is 35.5. The molecule has 1 amide bonds. The van der Waals surface area contributed by atoms with Crippen LogP contribution in [0, 0.1) is 5.92 Å². The number of carbonyl (C=O) groups is 2. The summed E-state index contributed by atoms with van der Waals surface area (Å²) >= 11 is 13.7. The van der Waals surface area contributed by atoms with Crippen LogP contribution in [0.3, 0.4) is 0 Å². The number of hydrogen-bond donors (Lipinski definition) is 2. The molecule has 2 N–H and O–H groups in total. The van der Waals surface area contributed by atoms with Crippen molar-refractivity contribution in [1.29, 1.82) is 0 Å². The molecule has 2 aliphatic heterocycles. The van der Waals surface area contributed by atoms with E-state index in [1.54, 1.807) is 12.1 Å². The summed E-state index contributed by atoms with van der Waals surface area (Å²) in [4.78, 5) is 26.7. The summed E-state index contributed by atoms with van der Waals surface area (Å²) in [7, 11) is 0. The van der Waals surface area contributed by atoms with Gasteiger partial charge in [0.2, 0.25) is 5.91 Å². The molecule has 1 aliphatic carbocycles. The molecule has 0 bridgehead atoms. The van der Waals surface area contributed by atoms with E-state index in [0.29, 0.717) is 21.5 Å². The van der Waals surface area contributed by atoms with Crippen LogP contribution in [0.15, 0.2) is 30.3 Å². The molecule has 1 spiro atoms. The molecule has 7 heteroatoms. The van der Waals surface area contributed by atoms with Crippen molar-refractivity contribution in [3.05, 3.63) is 50.1 Å². The van der Waals surface area contributed by atoms with E-state index in [-0.39, 0.29) is 37.0 Å². The van der Waals surface area contributed by atoms with Crippen LogP contribution in [0.1, 0.15) is 36.6 Å². The first kappa shape index (κ1) is 18.0. The minimum absolute atomic E-state index is 0. The molecule has 5 rings (SSSR count). The Morgan fingerprint density at radius 3 is 2.69 bits per heavy atom. The molecule has 1 aromatic heterocycles. The normalized spacial score (nSPS) is 31.7. The van der Waals surface area contributed by atoms with Crippen molar-refractivity contribution >= 4 is 51.9 Å². The molecule has 0 unspecified atom stereocenters. The zero-order chi connectivity index (χ0) is 17.3. The third-order valence-electron chi connectivity index (χ3n) is 5.66. The summed E-state index contributed by atoms with van der Waals surface area (Å²) in [5, 5.41) is 7.06. The molecule has 3 aliphatic rings. The molecule has 1 saturated carbocycles. The number of Topliss-reactive ketones (excluding diaryl/α,β-unsaturated/α-hetero) is 1. The maximum absolute atomic E-state index is 13.1. The molecular formula is C19H18Cl2N2O2S. The van der Waals surface area contributed by atoms with Gasteiger partial charge >= 0.3 is 0 Å². The van der Waals surface area contributed by atoms with E-state index in [1.807, 2.05) is 18.2 Å². The van der Waals surface area contributed by atoms with Gasteiger partial charge in [0.1, 0.15) is 11.3 Å². The highest BCUT2D eigenvalue weighted by Crippen LogP contribution is 2.57. The first-order valence-electron chi connectivity index (χ1n) is 8.18. The second-order valence-corrected chi connectivity index (χ2v) is 9.04. The highest BCUT2D eigenvalue weighted by Gasteiger charge is 2.65. The van der Waals surface area contributed by atoms with Crippen LogP contribution >= 0.6 is 34.5 Å². The van der Waals surface area contributed by atoms with Crippen molar-refractivity contribution < 1.29 is 9.59 Å². The van der Waals surface area contributed by atoms with Gasteiger partial charge in [-0.1, -0.05) is 36.7 Å². The van der Waals surface area contributed by atoms with Gasteiger partial charge in [0, 0.05) is 45.4 Å². The predicted octanol–water partition coefficient (Wildman–Crippen LogP) is 4.57. The van der Waals surface area contributed by atoms with E-state index in [9.17, 15) is 9.59 Å². The van der Waals surface area contributed by atoms with Crippen LogP contribution in [0.4, 0.5) is 5.69 Å². The topological polar surface area (TPSA) is 58.2 Å². The molecule has 1 saturated heterocycles. The summed E-state index contributed by atoms with van der Waals surface area (Å²) in [5.41, 5.74) is 0.628. The Morgan fingerprint density at radius 1 is 1.15 bits per heavy atom. The maximum Gasteiger partial charge on any atom is 0.250 e. The monoisotopic (exact) mass is 408 g/mol. The minimum atomic E-state index is -0.945. The number of nitrogens with one attached hydrogen (secondary N) is 2. The summed E-state index contributed by atoms with van der Waals surface area (Å²) in [6.07, 6.45) is 1.32. The highest BCUT2D eigenvalue weighted by molar-refractivity contribution is 7.16. The third kappa shape index (κ3) is 2.24. The fourth-order valence-corrected chi connectivity index (χ4v) is 6.19. The fourth-order valence-electron chi connectivity index (χ4n) is 4.74. The van der Waals surface area contributed by atoms with E-state index >= 15 is 0 Å². The van der Waals surface area contributed by atoms with E-state index in [4.69, 9.17) is 23.2 Å². The van der Waals surface area contributed by atoms with Crippen LogP contribution in [0.25, 0.3) is 0 Å². The molecule has 2 fully saturated rings. The van der Waals surface area contributed by atoms with Crippen LogP contribution < -0.4 is 10.6 Å². The van der Waals surface area contributed by atoms with Gasteiger partial charge in [-0.25, -0.2) is 0 Å². The Hall–Kier alpha value is -1.40. The number of amides is 1. The maximum atomic E-state index is 13.1. The molecule has 26 heavy (non-hydrogen) atoms. The molecular weight excluding hydrogens is 391 g/mol. The van der Waals surface area contributed by atoms with Gasteiger partial charge in [-0.15, -0.1) is 11.3 Å².